The SMILES string of the molecule is COc1ccc2[nH]cc(C3NCCNC3=O)c2c1. The summed E-state index contributed by atoms with van der Waals surface area (Å²) in [5.74, 6) is 0.810. The maximum atomic E-state index is 11.9. The average Bonchev–Trinajstić information content (AvgIpc) is 2.82. The number of amides is 1. The molecule has 3 N–H and O–H groups in total. The molecule has 18 heavy (non-hydrogen) atoms. The van der Waals surface area contributed by atoms with E-state index in [1.54, 1.807) is 7.11 Å². The van der Waals surface area contributed by atoms with Crippen molar-refractivity contribution in [2.24, 2.45) is 0 Å². The summed E-state index contributed by atoms with van der Waals surface area (Å²) in [5.41, 5.74) is 1.96. The van der Waals surface area contributed by atoms with Gasteiger partial charge in [-0.1, -0.05) is 0 Å². The van der Waals surface area contributed by atoms with E-state index in [1.807, 2.05) is 24.4 Å². The van der Waals surface area contributed by atoms with E-state index in [0.29, 0.717) is 6.54 Å². The van der Waals surface area contributed by atoms with Crippen molar-refractivity contribution < 1.29 is 9.53 Å². The zero-order chi connectivity index (χ0) is 12.5. The van der Waals surface area contributed by atoms with Crippen LogP contribution in [-0.4, -0.2) is 31.1 Å². The molecule has 0 radical (unpaired) electrons. The minimum absolute atomic E-state index is 0.0185. The number of aromatic amines is 1. The van der Waals surface area contributed by atoms with Crippen molar-refractivity contribution in [1.82, 2.24) is 15.6 Å². The summed E-state index contributed by atoms with van der Waals surface area (Å²) in [5, 5.41) is 7.11. The molecule has 1 aliphatic rings. The molecule has 94 valence electrons. The predicted molar refractivity (Wildman–Crippen MR) is 68.6 cm³/mol. The molecule has 1 saturated heterocycles. The first kappa shape index (κ1) is 11.1. The van der Waals surface area contributed by atoms with Gasteiger partial charge in [-0.2, -0.15) is 0 Å². The predicted octanol–water partition coefficient (Wildman–Crippen LogP) is 0.937. The molecule has 1 fully saturated rings. The van der Waals surface area contributed by atoms with Crippen molar-refractivity contribution >= 4 is 16.8 Å². The van der Waals surface area contributed by atoms with E-state index in [2.05, 4.69) is 15.6 Å². The van der Waals surface area contributed by atoms with Gasteiger partial charge in [0.2, 0.25) is 5.91 Å². The third-order valence-corrected chi connectivity index (χ3v) is 3.27. The Morgan fingerprint density at radius 2 is 2.22 bits per heavy atom. The van der Waals surface area contributed by atoms with Crippen LogP contribution in [0, 0.1) is 0 Å². The summed E-state index contributed by atoms with van der Waals surface area (Å²) in [6.45, 7) is 1.47. The van der Waals surface area contributed by atoms with Gasteiger partial charge in [0.05, 0.1) is 7.11 Å². The lowest BCUT2D eigenvalue weighted by Gasteiger charge is -2.23. The number of hydrogen-bond donors (Lipinski definition) is 3. The Kier molecular flexibility index (Phi) is 2.68. The number of ether oxygens (including phenoxy) is 1. The number of rotatable bonds is 2. The second-order valence-electron chi connectivity index (χ2n) is 4.33. The van der Waals surface area contributed by atoms with E-state index in [0.717, 1.165) is 28.8 Å². The van der Waals surface area contributed by atoms with Gasteiger partial charge in [0, 0.05) is 35.8 Å². The van der Waals surface area contributed by atoms with Crippen LogP contribution in [-0.2, 0) is 4.79 Å². The van der Waals surface area contributed by atoms with E-state index >= 15 is 0 Å². The van der Waals surface area contributed by atoms with Crippen LogP contribution in [0.4, 0.5) is 0 Å². The molecule has 1 unspecified atom stereocenters. The Hall–Kier alpha value is -2.01. The lowest BCUT2D eigenvalue weighted by Crippen LogP contribution is -2.47. The first-order valence-electron chi connectivity index (χ1n) is 5.96. The molecule has 0 bridgehead atoms. The lowest BCUT2D eigenvalue weighted by molar-refractivity contribution is -0.124. The molecule has 1 aromatic carbocycles. The molecule has 3 rings (SSSR count). The number of carbonyl (C=O) groups is 1. The molecule has 0 saturated carbocycles. The van der Waals surface area contributed by atoms with Gasteiger partial charge in [0.25, 0.3) is 0 Å². The number of methoxy groups -OCH3 is 1. The normalized spacial score (nSPS) is 19.8. The standard InChI is InChI=1S/C13H15N3O2/c1-18-8-2-3-11-9(6-8)10(7-16-11)12-13(17)15-5-4-14-12/h2-3,6-7,12,14,16H,4-5H2,1H3,(H,15,17). The first-order chi connectivity index (χ1) is 8.79. The second kappa shape index (κ2) is 4.34. The molecule has 1 aromatic heterocycles. The zero-order valence-corrected chi connectivity index (χ0v) is 10.1. The summed E-state index contributed by atoms with van der Waals surface area (Å²) < 4.78 is 5.23. The number of piperazine rings is 1. The number of benzene rings is 1. The van der Waals surface area contributed by atoms with E-state index < -0.39 is 0 Å². The van der Waals surface area contributed by atoms with E-state index in [9.17, 15) is 4.79 Å². The largest absolute Gasteiger partial charge is 0.497 e. The van der Waals surface area contributed by atoms with Crippen LogP contribution in [0.5, 0.6) is 5.75 Å². The minimum Gasteiger partial charge on any atom is -0.497 e. The van der Waals surface area contributed by atoms with Crippen LogP contribution >= 0.6 is 0 Å². The molecule has 1 amide bonds. The maximum absolute atomic E-state index is 11.9. The number of nitrogens with one attached hydrogen (secondary N) is 3. The highest BCUT2D eigenvalue weighted by Crippen LogP contribution is 2.28. The fourth-order valence-electron chi connectivity index (χ4n) is 2.34. The second-order valence-corrected chi connectivity index (χ2v) is 4.33. The fourth-order valence-corrected chi connectivity index (χ4v) is 2.34. The van der Waals surface area contributed by atoms with Crippen molar-refractivity contribution in [3.8, 4) is 5.75 Å². The third kappa shape index (κ3) is 1.73. The smallest absolute Gasteiger partial charge is 0.241 e. The highest BCUT2D eigenvalue weighted by atomic mass is 16.5. The van der Waals surface area contributed by atoms with Gasteiger partial charge < -0.3 is 20.4 Å². The summed E-state index contributed by atoms with van der Waals surface area (Å²) in [4.78, 5) is 15.1. The van der Waals surface area contributed by atoms with Crippen LogP contribution in [0.2, 0.25) is 0 Å². The summed E-state index contributed by atoms with van der Waals surface area (Å²) in [6, 6.07) is 5.51. The molecule has 2 heterocycles. The number of H-pyrrole nitrogens is 1. The number of aromatic nitrogens is 1. The van der Waals surface area contributed by atoms with Crippen LogP contribution in [0.1, 0.15) is 11.6 Å². The summed E-state index contributed by atoms with van der Waals surface area (Å²) in [6.07, 6.45) is 1.88. The van der Waals surface area contributed by atoms with Gasteiger partial charge in [-0.25, -0.2) is 0 Å². The molecule has 5 heteroatoms. The van der Waals surface area contributed by atoms with Gasteiger partial charge in [-0.3, -0.25) is 4.79 Å². The number of fused-ring (bicyclic) bond motifs is 1. The highest BCUT2D eigenvalue weighted by molar-refractivity contribution is 5.92. The fraction of sp³-hybridized carbons (Fsp3) is 0.308. The van der Waals surface area contributed by atoms with Gasteiger partial charge in [0.1, 0.15) is 11.8 Å². The average molecular weight is 245 g/mol. The van der Waals surface area contributed by atoms with Crippen molar-refractivity contribution in [1.29, 1.82) is 0 Å². The highest BCUT2D eigenvalue weighted by Gasteiger charge is 2.25. The Bertz CT molecular complexity index is 591. The summed E-state index contributed by atoms with van der Waals surface area (Å²) >= 11 is 0. The zero-order valence-electron chi connectivity index (χ0n) is 10.1. The van der Waals surface area contributed by atoms with Crippen LogP contribution in [0.15, 0.2) is 24.4 Å². The molecule has 0 spiro atoms. The Balaban J connectivity index is 2.07. The van der Waals surface area contributed by atoms with Crippen LogP contribution in [0.3, 0.4) is 0 Å². The third-order valence-electron chi connectivity index (χ3n) is 3.27. The molecule has 1 atom stereocenters. The van der Waals surface area contributed by atoms with E-state index in [4.69, 9.17) is 4.74 Å². The van der Waals surface area contributed by atoms with Crippen LogP contribution in [0.25, 0.3) is 10.9 Å². The van der Waals surface area contributed by atoms with E-state index in [-0.39, 0.29) is 11.9 Å². The summed E-state index contributed by atoms with van der Waals surface area (Å²) in [7, 11) is 1.64. The molecular weight excluding hydrogens is 230 g/mol. The van der Waals surface area contributed by atoms with Crippen LogP contribution < -0.4 is 15.4 Å². The quantitative estimate of drug-likeness (QED) is 0.737. The van der Waals surface area contributed by atoms with E-state index in [1.165, 1.54) is 0 Å². The molecule has 0 aliphatic carbocycles. The monoisotopic (exact) mass is 245 g/mol. The molecular formula is C13H15N3O2. The maximum Gasteiger partial charge on any atom is 0.241 e. The van der Waals surface area contributed by atoms with Crippen molar-refractivity contribution in [2.75, 3.05) is 20.2 Å². The molecule has 1 aliphatic heterocycles. The van der Waals surface area contributed by atoms with Gasteiger partial charge in [-0.15, -0.1) is 0 Å². The number of carbonyl (C=O) groups excluding carboxylic acids is 1. The molecule has 5 nitrogen and oxygen atoms in total. The first-order valence-corrected chi connectivity index (χ1v) is 5.96. The van der Waals surface area contributed by atoms with Crippen molar-refractivity contribution in [3.63, 3.8) is 0 Å². The Morgan fingerprint density at radius 3 is 3.00 bits per heavy atom. The Morgan fingerprint density at radius 1 is 1.33 bits per heavy atom. The van der Waals surface area contributed by atoms with Crippen molar-refractivity contribution in [2.45, 2.75) is 6.04 Å². The topological polar surface area (TPSA) is 66.2 Å². The van der Waals surface area contributed by atoms with Crippen molar-refractivity contribution in [3.05, 3.63) is 30.0 Å². The lowest BCUT2D eigenvalue weighted by atomic mass is 10.0. The molecule has 2 aromatic rings. The number of hydrogen-bond acceptors (Lipinski definition) is 3. The Labute approximate surface area is 105 Å². The van der Waals surface area contributed by atoms with Gasteiger partial charge >= 0.3 is 0 Å². The minimum atomic E-state index is -0.292. The van der Waals surface area contributed by atoms with Gasteiger partial charge in [-0.05, 0) is 18.2 Å². The van der Waals surface area contributed by atoms with Gasteiger partial charge in [0.15, 0.2) is 0 Å².